The zero-order valence-corrected chi connectivity index (χ0v) is 14.7. The van der Waals surface area contributed by atoms with Crippen LogP contribution in [0.3, 0.4) is 0 Å². The third-order valence-electron chi connectivity index (χ3n) is 4.64. The molecule has 1 aromatic rings. The van der Waals surface area contributed by atoms with Crippen LogP contribution < -0.4 is 0 Å². The van der Waals surface area contributed by atoms with Crippen molar-refractivity contribution >= 4 is 15.9 Å². The lowest BCUT2D eigenvalue weighted by atomic mass is 9.98. The molecule has 3 rings (SSSR count). The number of carbonyl (C=O) groups is 1. The van der Waals surface area contributed by atoms with Gasteiger partial charge in [0.2, 0.25) is 5.91 Å². The van der Waals surface area contributed by atoms with Crippen molar-refractivity contribution in [3.05, 3.63) is 12.5 Å². The van der Waals surface area contributed by atoms with Gasteiger partial charge in [-0.05, 0) is 19.8 Å². The highest BCUT2D eigenvalue weighted by Crippen LogP contribution is 2.24. The number of hydrogen-bond donors (Lipinski definition) is 0. The Morgan fingerprint density at radius 1 is 1.33 bits per heavy atom. The van der Waals surface area contributed by atoms with Crippen molar-refractivity contribution in [2.24, 2.45) is 5.92 Å². The Bertz CT molecular complexity index is 681. The summed E-state index contributed by atoms with van der Waals surface area (Å²) in [4.78, 5) is 18.4. The van der Waals surface area contributed by atoms with Crippen LogP contribution >= 0.6 is 0 Å². The van der Waals surface area contributed by atoms with E-state index in [1.165, 1.54) is 10.6 Å². The molecule has 134 valence electrons. The molecule has 1 atom stereocenters. The van der Waals surface area contributed by atoms with E-state index >= 15 is 0 Å². The third-order valence-corrected chi connectivity index (χ3v) is 6.39. The Kier molecular flexibility index (Phi) is 5.21. The lowest BCUT2D eigenvalue weighted by Crippen LogP contribution is -2.49. The molecular formula is C15H24N4O4S. The summed E-state index contributed by atoms with van der Waals surface area (Å²) in [6, 6.07) is 0. The minimum absolute atomic E-state index is 0.0392. The van der Waals surface area contributed by atoms with E-state index in [2.05, 4.69) is 4.98 Å². The van der Waals surface area contributed by atoms with E-state index in [4.69, 9.17) is 4.74 Å². The number of nitrogens with zero attached hydrogens (tertiary/aromatic N) is 4. The second-order valence-electron chi connectivity index (χ2n) is 6.18. The maximum absolute atomic E-state index is 12.8. The minimum atomic E-state index is -3.64. The molecule has 0 unspecified atom stereocenters. The number of carbonyl (C=O) groups excluding carboxylic acids is 1. The van der Waals surface area contributed by atoms with Gasteiger partial charge in [-0.15, -0.1) is 0 Å². The standard InChI is InChI=1S/C15H24N4O4S/c1-2-17-11-14(16-12-17)24(21,22)19-5-3-4-13(10-19)15(20)18-6-8-23-9-7-18/h11-13H,2-10H2,1H3/t13-/m1/s1. The topological polar surface area (TPSA) is 84.7 Å². The maximum atomic E-state index is 12.8. The fraction of sp³-hybridized carbons (Fsp3) is 0.733. The van der Waals surface area contributed by atoms with Crippen LogP contribution in [0.15, 0.2) is 17.6 Å². The van der Waals surface area contributed by atoms with E-state index in [1.807, 2.05) is 6.92 Å². The van der Waals surface area contributed by atoms with E-state index < -0.39 is 10.0 Å². The van der Waals surface area contributed by atoms with E-state index in [0.29, 0.717) is 45.8 Å². The summed E-state index contributed by atoms with van der Waals surface area (Å²) in [5.74, 6) is -0.239. The molecule has 1 amide bonds. The number of rotatable bonds is 4. The molecule has 0 radical (unpaired) electrons. The maximum Gasteiger partial charge on any atom is 0.262 e. The Balaban J connectivity index is 1.71. The molecule has 2 aliphatic heterocycles. The normalized spacial score (nSPS) is 23.4. The highest BCUT2D eigenvalue weighted by atomic mass is 32.2. The van der Waals surface area contributed by atoms with Crippen molar-refractivity contribution in [1.29, 1.82) is 0 Å². The molecule has 3 heterocycles. The van der Waals surface area contributed by atoms with Crippen LogP contribution in [0, 0.1) is 5.92 Å². The molecule has 9 heteroatoms. The van der Waals surface area contributed by atoms with Crippen LogP contribution in [0.5, 0.6) is 0 Å². The molecule has 1 aromatic heterocycles. The Hall–Kier alpha value is -1.45. The molecule has 0 aliphatic carbocycles. The largest absolute Gasteiger partial charge is 0.378 e. The summed E-state index contributed by atoms with van der Waals surface area (Å²) < 4.78 is 33.9. The zero-order valence-electron chi connectivity index (χ0n) is 13.9. The van der Waals surface area contributed by atoms with Crippen LogP contribution in [0.25, 0.3) is 0 Å². The van der Waals surface area contributed by atoms with Crippen molar-refractivity contribution in [3.8, 4) is 0 Å². The van der Waals surface area contributed by atoms with Crippen molar-refractivity contribution in [1.82, 2.24) is 18.8 Å². The van der Waals surface area contributed by atoms with Crippen LogP contribution in [0.4, 0.5) is 0 Å². The lowest BCUT2D eigenvalue weighted by molar-refractivity contribution is -0.140. The molecule has 8 nitrogen and oxygen atoms in total. The molecule has 24 heavy (non-hydrogen) atoms. The Morgan fingerprint density at radius 3 is 2.75 bits per heavy atom. The van der Waals surface area contributed by atoms with Gasteiger partial charge >= 0.3 is 0 Å². The average molecular weight is 356 g/mol. The van der Waals surface area contributed by atoms with Gasteiger partial charge in [0.15, 0.2) is 5.03 Å². The van der Waals surface area contributed by atoms with E-state index in [1.54, 1.807) is 15.7 Å². The number of piperidine rings is 1. The van der Waals surface area contributed by atoms with Gasteiger partial charge in [0.05, 0.1) is 25.5 Å². The molecule has 0 saturated carbocycles. The average Bonchev–Trinajstić information content (AvgIpc) is 3.12. The predicted molar refractivity (Wildman–Crippen MR) is 86.8 cm³/mol. The quantitative estimate of drug-likeness (QED) is 0.767. The summed E-state index contributed by atoms with van der Waals surface area (Å²) in [5, 5.41) is 0.0591. The Morgan fingerprint density at radius 2 is 2.08 bits per heavy atom. The third kappa shape index (κ3) is 3.47. The predicted octanol–water partition coefficient (Wildman–Crippen LogP) is 0.163. The number of imidazole rings is 1. The van der Waals surface area contributed by atoms with Gasteiger partial charge in [0, 0.05) is 38.9 Å². The van der Waals surface area contributed by atoms with Gasteiger partial charge in [0.25, 0.3) is 10.0 Å². The SMILES string of the molecule is CCn1cnc(S(=O)(=O)N2CCC[C@@H](C(=O)N3CCOCC3)C2)c1. The highest BCUT2D eigenvalue weighted by molar-refractivity contribution is 7.89. The molecule has 0 bridgehead atoms. The van der Waals surface area contributed by atoms with E-state index in [0.717, 1.165) is 6.42 Å². The van der Waals surface area contributed by atoms with Gasteiger partial charge in [-0.3, -0.25) is 4.79 Å². The second-order valence-corrected chi connectivity index (χ2v) is 8.07. The van der Waals surface area contributed by atoms with Crippen LogP contribution in [-0.4, -0.2) is 72.5 Å². The van der Waals surface area contributed by atoms with Gasteiger partial charge in [-0.25, -0.2) is 13.4 Å². The highest BCUT2D eigenvalue weighted by Gasteiger charge is 2.36. The number of aromatic nitrogens is 2. The fourth-order valence-corrected chi connectivity index (χ4v) is 4.64. The first-order valence-corrected chi connectivity index (χ1v) is 9.85. The summed E-state index contributed by atoms with van der Waals surface area (Å²) >= 11 is 0. The molecule has 2 saturated heterocycles. The first-order valence-electron chi connectivity index (χ1n) is 8.41. The number of amides is 1. The first-order chi connectivity index (χ1) is 11.5. The van der Waals surface area contributed by atoms with Gasteiger partial charge in [-0.1, -0.05) is 0 Å². The zero-order chi connectivity index (χ0) is 17.2. The van der Waals surface area contributed by atoms with Crippen LogP contribution in [-0.2, 0) is 26.1 Å². The molecule has 2 aliphatic rings. The smallest absolute Gasteiger partial charge is 0.262 e. The number of aryl methyl sites for hydroxylation is 1. The van der Waals surface area contributed by atoms with Crippen LogP contribution in [0.1, 0.15) is 19.8 Å². The molecule has 0 spiro atoms. The number of ether oxygens (including phenoxy) is 1. The fourth-order valence-electron chi connectivity index (χ4n) is 3.18. The molecular weight excluding hydrogens is 332 g/mol. The summed E-state index contributed by atoms with van der Waals surface area (Å²) in [6.07, 6.45) is 4.48. The van der Waals surface area contributed by atoms with E-state index in [9.17, 15) is 13.2 Å². The summed E-state index contributed by atoms with van der Waals surface area (Å²) in [5.41, 5.74) is 0. The molecule has 2 fully saturated rings. The number of hydrogen-bond acceptors (Lipinski definition) is 5. The van der Waals surface area contributed by atoms with Gasteiger partial charge in [-0.2, -0.15) is 4.31 Å². The van der Waals surface area contributed by atoms with Crippen molar-refractivity contribution in [2.75, 3.05) is 39.4 Å². The first kappa shape index (κ1) is 17.4. The second kappa shape index (κ2) is 7.20. The van der Waals surface area contributed by atoms with Crippen molar-refractivity contribution in [3.63, 3.8) is 0 Å². The summed E-state index contributed by atoms with van der Waals surface area (Å²) in [6.45, 7) is 5.54. The molecule has 0 aromatic carbocycles. The number of sulfonamides is 1. The van der Waals surface area contributed by atoms with Crippen molar-refractivity contribution in [2.45, 2.75) is 31.3 Å². The van der Waals surface area contributed by atoms with Crippen LogP contribution in [0.2, 0.25) is 0 Å². The van der Waals surface area contributed by atoms with E-state index in [-0.39, 0.29) is 23.4 Å². The Labute approximate surface area is 142 Å². The minimum Gasteiger partial charge on any atom is -0.378 e. The lowest BCUT2D eigenvalue weighted by Gasteiger charge is -2.35. The monoisotopic (exact) mass is 356 g/mol. The van der Waals surface area contributed by atoms with Gasteiger partial charge < -0.3 is 14.2 Å². The number of morpholine rings is 1. The molecule has 0 N–H and O–H groups in total. The summed E-state index contributed by atoms with van der Waals surface area (Å²) in [7, 11) is -3.64. The van der Waals surface area contributed by atoms with Gasteiger partial charge in [0.1, 0.15) is 0 Å². The van der Waals surface area contributed by atoms with Crippen molar-refractivity contribution < 1.29 is 17.9 Å².